The fraction of sp³-hybridized carbons (Fsp3) is 0.350. The van der Waals surface area contributed by atoms with Crippen LogP contribution in [0.25, 0.3) is 0 Å². The highest BCUT2D eigenvalue weighted by Gasteiger charge is 2.28. The monoisotopic (exact) mass is 402 g/mol. The molecule has 1 amide bonds. The lowest BCUT2D eigenvalue weighted by Crippen LogP contribution is -2.54. The molecule has 1 saturated heterocycles. The van der Waals surface area contributed by atoms with Crippen LogP contribution in [0.2, 0.25) is 5.02 Å². The van der Waals surface area contributed by atoms with Crippen molar-refractivity contribution in [2.45, 2.75) is 19.5 Å². The minimum Gasteiger partial charge on any atom is -0.363 e. The topological polar surface area (TPSA) is 78.7 Å². The number of nitrogens with one attached hydrogen (secondary N) is 1. The van der Waals surface area contributed by atoms with Crippen LogP contribution in [0.1, 0.15) is 12.5 Å². The van der Waals surface area contributed by atoms with Gasteiger partial charge in [0.25, 0.3) is 5.69 Å². The highest BCUT2D eigenvalue weighted by atomic mass is 35.5. The number of hydrogen-bond donors (Lipinski definition) is 1. The summed E-state index contributed by atoms with van der Waals surface area (Å²) in [6, 6.07) is 14.3. The van der Waals surface area contributed by atoms with E-state index in [-0.39, 0.29) is 17.6 Å². The number of amides is 1. The van der Waals surface area contributed by atoms with Crippen LogP contribution in [0.3, 0.4) is 0 Å². The number of nitro benzene ring substituents is 1. The van der Waals surface area contributed by atoms with Crippen molar-refractivity contribution in [3.8, 4) is 0 Å². The van der Waals surface area contributed by atoms with Gasteiger partial charge in [-0.15, -0.1) is 0 Å². The van der Waals surface area contributed by atoms with Gasteiger partial charge in [-0.25, -0.2) is 0 Å². The molecule has 1 atom stereocenters. The lowest BCUT2D eigenvalue weighted by Gasteiger charge is -2.38. The summed E-state index contributed by atoms with van der Waals surface area (Å²) in [6.07, 6.45) is 0. The van der Waals surface area contributed by atoms with E-state index in [0.717, 1.165) is 5.56 Å². The molecule has 0 aliphatic carbocycles. The molecule has 0 unspecified atom stereocenters. The van der Waals surface area contributed by atoms with Gasteiger partial charge in [-0.3, -0.25) is 19.8 Å². The summed E-state index contributed by atoms with van der Waals surface area (Å²) in [6.45, 7) is 4.92. The Hall–Kier alpha value is -2.64. The van der Waals surface area contributed by atoms with Crippen LogP contribution in [-0.4, -0.2) is 48.0 Å². The van der Waals surface area contributed by atoms with Gasteiger partial charge in [0.15, 0.2) is 0 Å². The van der Waals surface area contributed by atoms with E-state index in [4.69, 9.17) is 11.6 Å². The normalized spacial score (nSPS) is 15.9. The first-order chi connectivity index (χ1) is 13.5. The number of rotatable bonds is 6. The van der Waals surface area contributed by atoms with Gasteiger partial charge in [-0.05, 0) is 24.6 Å². The minimum atomic E-state index is -0.409. The number of halogens is 1. The van der Waals surface area contributed by atoms with Gasteiger partial charge in [0.1, 0.15) is 5.69 Å². The summed E-state index contributed by atoms with van der Waals surface area (Å²) in [5.74, 6) is -0.0187. The first-order valence-corrected chi connectivity index (χ1v) is 9.58. The van der Waals surface area contributed by atoms with Gasteiger partial charge in [0.05, 0.1) is 11.0 Å². The lowest BCUT2D eigenvalue weighted by atomic mass is 10.1. The maximum absolute atomic E-state index is 12.5. The Kier molecular flexibility index (Phi) is 6.49. The van der Waals surface area contributed by atoms with Crippen LogP contribution < -0.4 is 10.2 Å². The highest BCUT2D eigenvalue weighted by molar-refractivity contribution is 6.30. The van der Waals surface area contributed by atoms with Crippen molar-refractivity contribution >= 4 is 28.9 Å². The molecule has 8 heteroatoms. The summed E-state index contributed by atoms with van der Waals surface area (Å²) in [5.41, 5.74) is 1.63. The fourth-order valence-corrected chi connectivity index (χ4v) is 3.53. The molecule has 7 nitrogen and oxygen atoms in total. The Balaban J connectivity index is 1.56. The quantitative estimate of drug-likeness (QED) is 0.593. The van der Waals surface area contributed by atoms with Gasteiger partial charge in [0, 0.05) is 43.8 Å². The van der Waals surface area contributed by atoms with Crippen LogP contribution in [0, 0.1) is 10.1 Å². The maximum atomic E-state index is 12.5. The van der Waals surface area contributed by atoms with Crippen LogP contribution >= 0.6 is 11.6 Å². The third-order valence-electron chi connectivity index (χ3n) is 5.03. The average Bonchev–Trinajstić information content (AvgIpc) is 2.72. The Morgan fingerprint density at radius 2 is 1.86 bits per heavy atom. The summed E-state index contributed by atoms with van der Waals surface area (Å²) in [5, 5.41) is 14.6. The second kappa shape index (κ2) is 9.03. The van der Waals surface area contributed by atoms with Crippen molar-refractivity contribution in [2.24, 2.45) is 0 Å². The number of carbonyl (C=O) groups is 1. The SMILES string of the molecule is C[C@H](C(=O)NCc1ccccc1)N1CCN(c2ccc(Cl)cc2[N+](=O)[O-])CC1. The molecule has 0 spiro atoms. The Bertz CT molecular complexity index is 839. The van der Waals surface area contributed by atoms with Crippen LogP contribution in [0.4, 0.5) is 11.4 Å². The molecule has 0 aromatic heterocycles. The number of hydrogen-bond acceptors (Lipinski definition) is 5. The number of nitro groups is 1. The number of piperazine rings is 1. The molecular weight excluding hydrogens is 380 g/mol. The van der Waals surface area contributed by atoms with E-state index in [1.165, 1.54) is 6.07 Å². The van der Waals surface area contributed by atoms with E-state index >= 15 is 0 Å². The first kappa shape index (κ1) is 20.1. The molecule has 2 aromatic carbocycles. The molecule has 0 bridgehead atoms. The van der Waals surface area contributed by atoms with E-state index in [1.807, 2.05) is 42.2 Å². The molecule has 1 aliphatic rings. The van der Waals surface area contributed by atoms with E-state index < -0.39 is 4.92 Å². The largest absolute Gasteiger partial charge is 0.363 e. The number of nitrogens with zero attached hydrogens (tertiary/aromatic N) is 3. The minimum absolute atomic E-state index is 0.00889. The summed E-state index contributed by atoms with van der Waals surface area (Å²) >= 11 is 5.90. The van der Waals surface area contributed by atoms with Crippen molar-refractivity contribution < 1.29 is 9.72 Å². The first-order valence-electron chi connectivity index (χ1n) is 9.20. The average molecular weight is 403 g/mol. The third kappa shape index (κ3) is 4.79. The standard InChI is InChI=1S/C20H23ClN4O3/c1-15(20(26)22-14-16-5-3-2-4-6-16)23-9-11-24(12-10-23)18-8-7-17(21)13-19(18)25(27)28/h2-8,13,15H,9-12,14H2,1H3,(H,22,26)/t15-/m1/s1. The second-order valence-electron chi connectivity index (χ2n) is 6.79. The summed E-state index contributed by atoms with van der Waals surface area (Å²) in [7, 11) is 0. The molecule has 0 radical (unpaired) electrons. The number of anilines is 1. The summed E-state index contributed by atoms with van der Waals surface area (Å²) in [4.78, 5) is 27.5. The maximum Gasteiger partial charge on any atom is 0.294 e. The number of benzene rings is 2. The van der Waals surface area contributed by atoms with Gasteiger partial charge in [-0.1, -0.05) is 41.9 Å². The van der Waals surface area contributed by atoms with E-state index in [2.05, 4.69) is 10.2 Å². The zero-order valence-corrected chi connectivity index (χ0v) is 16.4. The molecule has 148 valence electrons. The fourth-order valence-electron chi connectivity index (χ4n) is 3.36. The zero-order valence-electron chi connectivity index (χ0n) is 15.7. The Morgan fingerprint density at radius 1 is 1.18 bits per heavy atom. The van der Waals surface area contributed by atoms with Crippen LogP contribution in [-0.2, 0) is 11.3 Å². The van der Waals surface area contributed by atoms with Crippen molar-refractivity contribution in [1.29, 1.82) is 0 Å². The Labute approximate surface area is 169 Å². The predicted octanol–water partition coefficient (Wildman–Crippen LogP) is 3.08. The molecule has 1 fully saturated rings. The highest BCUT2D eigenvalue weighted by Crippen LogP contribution is 2.31. The van der Waals surface area contributed by atoms with Gasteiger partial charge in [0.2, 0.25) is 5.91 Å². The summed E-state index contributed by atoms with van der Waals surface area (Å²) < 4.78 is 0. The van der Waals surface area contributed by atoms with Crippen molar-refractivity contribution in [3.63, 3.8) is 0 Å². The molecule has 1 heterocycles. The van der Waals surface area contributed by atoms with Crippen molar-refractivity contribution in [3.05, 3.63) is 69.2 Å². The second-order valence-corrected chi connectivity index (χ2v) is 7.23. The molecule has 0 saturated carbocycles. The molecule has 1 aliphatic heterocycles. The predicted molar refractivity (Wildman–Crippen MR) is 110 cm³/mol. The van der Waals surface area contributed by atoms with Gasteiger partial charge in [-0.2, -0.15) is 0 Å². The Morgan fingerprint density at radius 3 is 2.50 bits per heavy atom. The molecule has 2 aromatic rings. The van der Waals surface area contributed by atoms with Gasteiger partial charge >= 0.3 is 0 Å². The zero-order chi connectivity index (χ0) is 20.1. The van der Waals surface area contributed by atoms with E-state index in [0.29, 0.717) is 43.4 Å². The van der Waals surface area contributed by atoms with Gasteiger partial charge < -0.3 is 10.2 Å². The molecule has 28 heavy (non-hydrogen) atoms. The molecule has 1 N–H and O–H groups in total. The lowest BCUT2D eigenvalue weighted by molar-refractivity contribution is -0.384. The molecule has 3 rings (SSSR count). The van der Waals surface area contributed by atoms with Crippen LogP contribution in [0.5, 0.6) is 0 Å². The van der Waals surface area contributed by atoms with Crippen molar-refractivity contribution in [2.75, 3.05) is 31.1 Å². The van der Waals surface area contributed by atoms with Crippen molar-refractivity contribution in [1.82, 2.24) is 10.2 Å². The molecular formula is C20H23ClN4O3. The van der Waals surface area contributed by atoms with E-state index in [1.54, 1.807) is 12.1 Å². The number of carbonyl (C=O) groups excluding carboxylic acids is 1. The third-order valence-corrected chi connectivity index (χ3v) is 5.26. The van der Waals surface area contributed by atoms with E-state index in [9.17, 15) is 14.9 Å². The smallest absolute Gasteiger partial charge is 0.294 e. The van der Waals surface area contributed by atoms with Crippen LogP contribution in [0.15, 0.2) is 48.5 Å².